The van der Waals surface area contributed by atoms with E-state index in [1.807, 2.05) is 37.3 Å². The molecule has 0 radical (unpaired) electrons. The van der Waals surface area contributed by atoms with Gasteiger partial charge in [0.1, 0.15) is 18.5 Å². The number of ether oxygens (including phenoxy) is 1. The SMILES string of the molecule is CCN1CC[C@H](C)C[C@@H]1C(=O)N[C@@H](C)C(=O)NCc1ccc(C(=N)NC(=O)OCc2ccccc2)cc1. The molecule has 1 fully saturated rings. The molecule has 1 saturated heterocycles. The first-order chi connectivity index (χ1) is 17.8. The van der Waals surface area contributed by atoms with Gasteiger partial charge in [-0.3, -0.25) is 25.2 Å². The zero-order chi connectivity index (χ0) is 26.8. The number of piperidine rings is 1. The fraction of sp³-hybridized carbons (Fsp3) is 0.429. The average molecular weight is 508 g/mol. The molecule has 3 amide bonds. The Morgan fingerprint density at radius 1 is 1.08 bits per heavy atom. The predicted octanol–water partition coefficient (Wildman–Crippen LogP) is 3.18. The van der Waals surface area contributed by atoms with E-state index in [1.165, 1.54) is 0 Å². The minimum absolute atomic E-state index is 0.0804. The number of hydrogen-bond donors (Lipinski definition) is 4. The maximum atomic E-state index is 12.8. The lowest BCUT2D eigenvalue weighted by Crippen LogP contribution is -2.54. The summed E-state index contributed by atoms with van der Waals surface area (Å²) in [5, 5.41) is 16.2. The van der Waals surface area contributed by atoms with Crippen molar-refractivity contribution in [1.82, 2.24) is 20.9 Å². The van der Waals surface area contributed by atoms with E-state index < -0.39 is 12.1 Å². The largest absolute Gasteiger partial charge is 0.444 e. The third-order valence-electron chi connectivity index (χ3n) is 6.59. The first kappa shape index (κ1) is 27.9. The van der Waals surface area contributed by atoms with Gasteiger partial charge in [0.05, 0.1) is 6.04 Å². The van der Waals surface area contributed by atoms with Gasteiger partial charge in [-0.25, -0.2) is 4.79 Å². The molecule has 198 valence electrons. The Hall–Kier alpha value is -3.72. The quantitative estimate of drug-likeness (QED) is 0.307. The van der Waals surface area contributed by atoms with E-state index in [4.69, 9.17) is 10.1 Å². The van der Waals surface area contributed by atoms with Crippen LogP contribution in [0.15, 0.2) is 54.6 Å². The normalized spacial score (nSPS) is 18.4. The number of amidine groups is 1. The second-order valence-corrected chi connectivity index (χ2v) is 9.48. The number of nitrogens with zero attached hydrogens (tertiary/aromatic N) is 1. The van der Waals surface area contributed by atoms with Crippen LogP contribution in [0.4, 0.5) is 4.79 Å². The number of hydrogen-bond acceptors (Lipinski definition) is 6. The molecule has 3 atom stereocenters. The van der Waals surface area contributed by atoms with Crippen LogP contribution in [0.3, 0.4) is 0 Å². The fourth-order valence-corrected chi connectivity index (χ4v) is 4.28. The Morgan fingerprint density at radius 3 is 2.46 bits per heavy atom. The van der Waals surface area contributed by atoms with Crippen molar-refractivity contribution in [2.45, 2.75) is 58.8 Å². The smallest absolute Gasteiger partial charge is 0.413 e. The second kappa shape index (κ2) is 13.5. The monoisotopic (exact) mass is 507 g/mol. The second-order valence-electron chi connectivity index (χ2n) is 9.48. The Labute approximate surface area is 218 Å². The number of alkyl carbamates (subject to hydrolysis) is 1. The van der Waals surface area contributed by atoms with Gasteiger partial charge in [0, 0.05) is 12.1 Å². The highest BCUT2D eigenvalue weighted by atomic mass is 16.5. The maximum Gasteiger partial charge on any atom is 0.413 e. The third-order valence-corrected chi connectivity index (χ3v) is 6.59. The van der Waals surface area contributed by atoms with Crippen LogP contribution in [0.2, 0.25) is 0 Å². The Balaban J connectivity index is 1.42. The van der Waals surface area contributed by atoms with Gasteiger partial charge in [-0.2, -0.15) is 0 Å². The number of benzene rings is 2. The van der Waals surface area contributed by atoms with Crippen molar-refractivity contribution < 1.29 is 19.1 Å². The Morgan fingerprint density at radius 2 is 1.78 bits per heavy atom. The minimum atomic E-state index is -0.703. The van der Waals surface area contributed by atoms with Gasteiger partial charge in [0.2, 0.25) is 11.8 Å². The number of amides is 3. The molecule has 9 heteroatoms. The van der Waals surface area contributed by atoms with Crippen molar-refractivity contribution in [2.24, 2.45) is 5.92 Å². The van der Waals surface area contributed by atoms with Crippen LogP contribution in [0.5, 0.6) is 0 Å². The molecule has 1 heterocycles. The molecule has 9 nitrogen and oxygen atoms in total. The zero-order valence-corrected chi connectivity index (χ0v) is 21.8. The molecule has 0 saturated carbocycles. The molecule has 0 bridgehead atoms. The number of likely N-dealkylation sites (N-methyl/N-ethyl adjacent to an activating group) is 1. The highest BCUT2D eigenvalue weighted by molar-refractivity contribution is 6.04. The molecule has 0 spiro atoms. The van der Waals surface area contributed by atoms with Crippen molar-refractivity contribution in [3.63, 3.8) is 0 Å². The van der Waals surface area contributed by atoms with E-state index in [-0.39, 0.29) is 36.8 Å². The fourth-order valence-electron chi connectivity index (χ4n) is 4.28. The molecule has 0 unspecified atom stereocenters. The lowest BCUT2D eigenvalue weighted by Gasteiger charge is -2.37. The number of likely N-dealkylation sites (tertiary alicyclic amines) is 1. The van der Waals surface area contributed by atoms with Crippen molar-refractivity contribution in [2.75, 3.05) is 13.1 Å². The van der Waals surface area contributed by atoms with Crippen LogP contribution < -0.4 is 16.0 Å². The summed E-state index contributed by atoms with van der Waals surface area (Å²) in [7, 11) is 0. The Kier molecular flexibility index (Phi) is 10.2. The molecule has 2 aromatic carbocycles. The molecular weight excluding hydrogens is 470 g/mol. The van der Waals surface area contributed by atoms with Gasteiger partial charge in [0.25, 0.3) is 0 Å². The van der Waals surface area contributed by atoms with Gasteiger partial charge in [0.15, 0.2) is 0 Å². The van der Waals surface area contributed by atoms with Crippen LogP contribution in [0.25, 0.3) is 0 Å². The standard InChI is InChI=1S/C28H37N5O4/c1-4-33-15-14-19(2)16-24(33)27(35)31-20(3)26(34)30-17-21-10-12-23(13-11-21)25(29)32-28(36)37-18-22-8-6-5-7-9-22/h5-13,19-20,24H,4,14-18H2,1-3H3,(H,30,34)(H,31,35)(H2,29,32,36)/t19-,20-,24+/m0/s1. The number of carbonyl (C=O) groups is 3. The summed E-state index contributed by atoms with van der Waals surface area (Å²) in [6.07, 6.45) is 1.18. The molecule has 37 heavy (non-hydrogen) atoms. The van der Waals surface area contributed by atoms with Crippen LogP contribution in [0.1, 0.15) is 50.3 Å². The first-order valence-electron chi connectivity index (χ1n) is 12.7. The van der Waals surface area contributed by atoms with E-state index in [0.29, 0.717) is 11.5 Å². The molecule has 0 aromatic heterocycles. The highest BCUT2D eigenvalue weighted by Crippen LogP contribution is 2.22. The van der Waals surface area contributed by atoms with E-state index in [9.17, 15) is 14.4 Å². The summed E-state index contributed by atoms with van der Waals surface area (Å²) in [6, 6.07) is 15.4. The molecule has 4 N–H and O–H groups in total. The molecule has 2 aromatic rings. The lowest BCUT2D eigenvalue weighted by molar-refractivity contribution is -0.133. The van der Waals surface area contributed by atoms with E-state index in [1.54, 1.807) is 31.2 Å². The molecule has 0 aliphatic carbocycles. The number of carbonyl (C=O) groups excluding carboxylic acids is 3. The maximum absolute atomic E-state index is 12.8. The van der Waals surface area contributed by atoms with Crippen LogP contribution >= 0.6 is 0 Å². The van der Waals surface area contributed by atoms with Crippen molar-refractivity contribution in [1.29, 1.82) is 5.41 Å². The van der Waals surface area contributed by atoms with Crippen molar-refractivity contribution in [3.05, 3.63) is 71.3 Å². The predicted molar refractivity (Wildman–Crippen MR) is 142 cm³/mol. The van der Waals surface area contributed by atoms with Gasteiger partial charge in [-0.05, 0) is 49.9 Å². The highest BCUT2D eigenvalue weighted by Gasteiger charge is 2.32. The summed E-state index contributed by atoms with van der Waals surface area (Å²) >= 11 is 0. The molecule has 3 rings (SSSR count). The van der Waals surface area contributed by atoms with Gasteiger partial charge in [-0.1, -0.05) is 68.4 Å². The van der Waals surface area contributed by atoms with Gasteiger partial charge < -0.3 is 15.4 Å². The van der Waals surface area contributed by atoms with Crippen molar-refractivity contribution >= 4 is 23.7 Å². The van der Waals surface area contributed by atoms with Crippen LogP contribution in [0, 0.1) is 11.3 Å². The van der Waals surface area contributed by atoms with Gasteiger partial charge in [-0.15, -0.1) is 0 Å². The Bertz CT molecular complexity index is 1070. The minimum Gasteiger partial charge on any atom is -0.444 e. The van der Waals surface area contributed by atoms with E-state index in [0.717, 1.165) is 37.1 Å². The summed E-state index contributed by atoms with van der Waals surface area (Å²) in [5.74, 6) is 0.0408. The number of rotatable bonds is 9. The summed E-state index contributed by atoms with van der Waals surface area (Å²) < 4.78 is 5.14. The molecule has 1 aliphatic heterocycles. The lowest BCUT2D eigenvalue weighted by atomic mass is 9.92. The van der Waals surface area contributed by atoms with Gasteiger partial charge >= 0.3 is 6.09 Å². The van der Waals surface area contributed by atoms with Crippen LogP contribution in [-0.4, -0.2) is 53.8 Å². The van der Waals surface area contributed by atoms with E-state index in [2.05, 4.69) is 27.8 Å². The molecular formula is C28H37N5O4. The first-order valence-corrected chi connectivity index (χ1v) is 12.7. The average Bonchev–Trinajstić information content (AvgIpc) is 2.91. The summed E-state index contributed by atoms with van der Waals surface area (Å²) in [4.78, 5) is 39.5. The summed E-state index contributed by atoms with van der Waals surface area (Å²) in [5.41, 5.74) is 2.19. The topological polar surface area (TPSA) is 124 Å². The molecule has 1 aliphatic rings. The van der Waals surface area contributed by atoms with E-state index >= 15 is 0 Å². The third kappa shape index (κ3) is 8.42. The van der Waals surface area contributed by atoms with Crippen molar-refractivity contribution in [3.8, 4) is 0 Å². The number of nitrogens with one attached hydrogen (secondary N) is 4. The summed E-state index contributed by atoms with van der Waals surface area (Å²) in [6.45, 7) is 7.99. The van der Waals surface area contributed by atoms with Crippen LogP contribution in [-0.2, 0) is 27.5 Å². The zero-order valence-electron chi connectivity index (χ0n) is 21.8.